The summed E-state index contributed by atoms with van der Waals surface area (Å²) in [6.45, 7) is 0. The lowest BCUT2D eigenvalue weighted by atomic mass is 10.0. The summed E-state index contributed by atoms with van der Waals surface area (Å²) in [6.07, 6.45) is 7.32. The third-order valence-corrected chi connectivity index (χ3v) is 4.33. The van der Waals surface area contributed by atoms with Crippen molar-refractivity contribution in [3.05, 3.63) is 72.2 Å². The topological polar surface area (TPSA) is 89.6 Å². The molecule has 1 aromatic carbocycles. The van der Waals surface area contributed by atoms with E-state index < -0.39 is 5.91 Å². The standard InChI is InChI=1S/C18H12N5O/c19-17(24)11-5-7-23-15(11)8-10-2-1-3-12(16(10)23)18-21-13-4-6-20-9-14(13)22-18/h1-9H,(H2,19,24)(H,21,22). The van der Waals surface area contributed by atoms with Crippen LogP contribution in [0.5, 0.6) is 0 Å². The average molecular weight is 314 g/mol. The van der Waals surface area contributed by atoms with Gasteiger partial charge >= 0.3 is 0 Å². The van der Waals surface area contributed by atoms with Gasteiger partial charge in [0.25, 0.3) is 5.91 Å². The molecule has 24 heavy (non-hydrogen) atoms. The van der Waals surface area contributed by atoms with Gasteiger partial charge in [-0.05, 0) is 23.8 Å². The fraction of sp³-hybridized carbons (Fsp3) is 0. The number of hydrogen-bond acceptors (Lipinski definition) is 3. The Labute approximate surface area is 137 Å². The molecule has 0 aliphatic carbocycles. The minimum Gasteiger partial charge on any atom is -0.366 e. The van der Waals surface area contributed by atoms with Crippen molar-refractivity contribution in [2.24, 2.45) is 5.73 Å². The minimum atomic E-state index is -0.427. The molecule has 0 saturated carbocycles. The first kappa shape index (κ1) is 13.1. The maximum absolute atomic E-state index is 11.6. The van der Waals surface area contributed by atoms with Crippen LogP contribution in [0.4, 0.5) is 0 Å². The number of aromatic nitrogens is 4. The molecular weight excluding hydrogens is 302 g/mol. The van der Waals surface area contributed by atoms with Crippen LogP contribution in [-0.4, -0.2) is 25.4 Å². The van der Waals surface area contributed by atoms with E-state index in [0.717, 1.165) is 39.4 Å². The molecule has 6 nitrogen and oxygen atoms in total. The van der Waals surface area contributed by atoms with E-state index in [1.165, 1.54) is 0 Å². The number of imidazole rings is 1. The molecule has 0 unspecified atom stereocenters. The number of fused-ring (bicyclic) bond motifs is 4. The van der Waals surface area contributed by atoms with E-state index in [-0.39, 0.29) is 0 Å². The Bertz CT molecular complexity index is 1090. The average Bonchev–Trinajstić information content (AvgIpc) is 3.26. The molecular formula is C18H12N5O. The zero-order valence-electron chi connectivity index (χ0n) is 12.5. The fourth-order valence-electron chi connectivity index (χ4n) is 3.26. The number of carbonyl (C=O) groups is 1. The lowest BCUT2D eigenvalue weighted by Gasteiger charge is -2.08. The SMILES string of the molecule is NC(=O)c1ccn2c1[CH]c1cccc(-c3nc4ccncc4[nH]3)c1-2. The fourth-order valence-corrected chi connectivity index (χ4v) is 3.26. The van der Waals surface area contributed by atoms with Crippen LogP contribution in [-0.2, 0) is 0 Å². The smallest absolute Gasteiger partial charge is 0.250 e. The molecule has 1 aliphatic rings. The van der Waals surface area contributed by atoms with E-state index in [2.05, 4.69) is 15.0 Å². The number of hydrogen-bond donors (Lipinski definition) is 2. The predicted octanol–water partition coefficient (Wildman–Crippen LogP) is 2.43. The van der Waals surface area contributed by atoms with Crippen LogP contribution in [0.1, 0.15) is 21.6 Å². The molecule has 4 aromatic rings. The van der Waals surface area contributed by atoms with E-state index in [4.69, 9.17) is 5.73 Å². The van der Waals surface area contributed by atoms with Gasteiger partial charge in [0.15, 0.2) is 0 Å². The number of nitrogens with zero attached hydrogens (tertiary/aromatic N) is 3. The Morgan fingerprint density at radius 2 is 2.12 bits per heavy atom. The van der Waals surface area contributed by atoms with Crippen molar-refractivity contribution in [2.75, 3.05) is 0 Å². The van der Waals surface area contributed by atoms with E-state index in [0.29, 0.717) is 5.56 Å². The second kappa shape index (κ2) is 4.55. The van der Waals surface area contributed by atoms with E-state index in [1.54, 1.807) is 18.5 Å². The third kappa shape index (κ3) is 1.68. The molecule has 6 heteroatoms. The van der Waals surface area contributed by atoms with Crippen LogP contribution < -0.4 is 5.73 Å². The lowest BCUT2D eigenvalue weighted by Crippen LogP contribution is -2.12. The normalized spacial score (nSPS) is 12.3. The summed E-state index contributed by atoms with van der Waals surface area (Å²) in [6, 6.07) is 9.62. The number of aromatic amines is 1. The summed E-state index contributed by atoms with van der Waals surface area (Å²) in [5, 5.41) is 0. The molecule has 1 amide bonds. The molecule has 3 N–H and O–H groups in total. The first-order chi connectivity index (χ1) is 11.7. The summed E-state index contributed by atoms with van der Waals surface area (Å²) >= 11 is 0. The van der Waals surface area contributed by atoms with Gasteiger partial charge in [-0.1, -0.05) is 12.1 Å². The molecule has 0 bridgehead atoms. The van der Waals surface area contributed by atoms with E-state index >= 15 is 0 Å². The van der Waals surface area contributed by atoms with Crippen molar-refractivity contribution in [3.8, 4) is 17.1 Å². The van der Waals surface area contributed by atoms with Crippen molar-refractivity contribution in [1.29, 1.82) is 0 Å². The molecule has 0 fully saturated rings. The maximum atomic E-state index is 11.6. The highest BCUT2D eigenvalue weighted by atomic mass is 16.1. The van der Waals surface area contributed by atoms with Gasteiger partial charge in [0, 0.05) is 30.1 Å². The second-order valence-electron chi connectivity index (χ2n) is 5.71. The van der Waals surface area contributed by atoms with Crippen LogP contribution in [0.15, 0.2) is 48.9 Å². The van der Waals surface area contributed by atoms with Crippen molar-refractivity contribution in [2.45, 2.75) is 0 Å². The van der Waals surface area contributed by atoms with Gasteiger partial charge in [0.2, 0.25) is 0 Å². The van der Waals surface area contributed by atoms with E-state index in [9.17, 15) is 4.79 Å². The van der Waals surface area contributed by atoms with Crippen molar-refractivity contribution < 1.29 is 4.79 Å². The van der Waals surface area contributed by atoms with Gasteiger partial charge in [-0.15, -0.1) is 0 Å². The molecule has 4 heterocycles. The Morgan fingerprint density at radius 1 is 1.21 bits per heavy atom. The summed E-state index contributed by atoms with van der Waals surface area (Å²) in [5.41, 5.74) is 11.5. The predicted molar refractivity (Wildman–Crippen MR) is 89.7 cm³/mol. The number of para-hydroxylation sites is 1. The number of benzene rings is 1. The van der Waals surface area contributed by atoms with Gasteiger partial charge in [0.05, 0.1) is 28.5 Å². The number of primary amides is 1. The minimum absolute atomic E-state index is 0.427. The zero-order chi connectivity index (χ0) is 16.3. The third-order valence-electron chi connectivity index (χ3n) is 4.33. The maximum Gasteiger partial charge on any atom is 0.250 e. The summed E-state index contributed by atoms with van der Waals surface area (Å²) in [5.74, 6) is 0.342. The number of amides is 1. The van der Waals surface area contributed by atoms with Crippen molar-refractivity contribution in [1.82, 2.24) is 19.5 Å². The first-order valence-corrected chi connectivity index (χ1v) is 7.52. The Morgan fingerprint density at radius 3 is 2.96 bits per heavy atom. The van der Waals surface area contributed by atoms with Crippen LogP contribution in [0.2, 0.25) is 0 Å². The van der Waals surface area contributed by atoms with Gasteiger partial charge in [0.1, 0.15) is 5.82 Å². The zero-order valence-corrected chi connectivity index (χ0v) is 12.5. The van der Waals surface area contributed by atoms with Crippen molar-refractivity contribution >= 4 is 16.9 Å². The molecule has 1 radical (unpaired) electrons. The Hall–Kier alpha value is -3.41. The van der Waals surface area contributed by atoms with Crippen LogP contribution in [0.25, 0.3) is 28.1 Å². The Kier molecular flexibility index (Phi) is 2.48. The van der Waals surface area contributed by atoms with Crippen molar-refractivity contribution in [3.63, 3.8) is 0 Å². The van der Waals surface area contributed by atoms with Crippen LogP contribution in [0.3, 0.4) is 0 Å². The molecule has 0 atom stereocenters. The highest BCUT2D eigenvalue weighted by Crippen LogP contribution is 2.38. The van der Waals surface area contributed by atoms with E-state index in [1.807, 2.05) is 41.5 Å². The summed E-state index contributed by atoms with van der Waals surface area (Å²) < 4.78 is 1.98. The molecule has 0 spiro atoms. The second-order valence-corrected chi connectivity index (χ2v) is 5.71. The number of nitrogens with two attached hydrogens (primary N) is 1. The number of rotatable bonds is 2. The van der Waals surface area contributed by atoms with Gasteiger partial charge < -0.3 is 15.3 Å². The molecule has 115 valence electrons. The summed E-state index contributed by atoms with van der Waals surface area (Å²) in [7, 11) is 0. The number of H-pyrrole nitrogens is 1. The number of carbonyl (C=O) groups excluding carboxylic acids is 1. The van der Waals surface area contributed by atoms with Crippen LogP contribution >= 0.6 is 0 Å². The number of pyridine rings is 1. The summed E-state index contributed by atoms with van der Waals surface area (Å²) in [4.78, 5) is 23.7. The molecule has 0 saturated heterocycles. The highest BCUT2D eigenvalue weighted by Gasteiger charge is 2.26. The monoisotopic (exact) mass is 314 g/mol. The molecule has 3 aromatic heterocycles. The van der Waals surface area contributed by atoms with Crippen LogP contribution in [0, 0.1) is 6.42 Å². The van der Waals surface area contributed by atoms with Gasteiger partial charge in [-0.2, -0.15) is 0 Å². The molecule has 1 aliphatic heterocycles. The quantitative estimate of drug-likeness (QED) is 0.524. The van der Waals surface area contributed by atoms with Gasteiger partial charge in [-0.25, -0.2) is 4.98 Å². The largest absolute Gasteiger partial charge is 0.366 e. The number of nitrogens with one attached hydrogen (secondary N) is 1. The Balaban J connectivity index is 1.75. The molecule has 5 rings (SSSR count). The first-order valence-electron chi connectivity index (χ1n) is 7.52. The highest BCUT2D eigenvalue weighted by molar-refractivity contribution is 5.96. The van der Waals surface area contributed by atoms with Gasteiger partial charge in [-0.3, -0.25) is 9.78 Å². The lowest BCUT2D eigenvalue weighted by molar-refractivity contribution is 0.1000.